The van der Waals surface area contributed by atoms with Crippen LogP contribution >= 0.6 is 0 Å². The first kappa shape index (κ1) is 12.6. The van der Waals surface area contributed by atoms with Gasteiger partial charge in [-0.3, -0.25) is 0 Å². The Hall–Kier alpha value is -0.860. The molecular formula is C15H24N2. The summed E-state index contributed by atoms with van der Waals surface area (Å²) in [5.74, 6) is 0. The highest BCUT2D eigenvalue weighted by Crippen LogP contribution is 2.40. The predicted octanol–water partition coefficient (Wildman–Crippen LogP) is 2.56. The lowest BCUT2D eigenvalue weighted by Crippen LogP contribution is -2.45. The second kappa shape index (κ2) is 5.19. The summed E-state index contributed by atoms with van der Waals surface area (Å²) in [7, 11) is 2.21. The molecule has 0 radical (unpaired) electrons. The molecule has 0 amide bonds. The molecule has 1 aromatic rings. The van der Waals surface area contributed by atoms with E-state index in [2.05, 4.69) is 43.1 Å². The topological polar surface area (TPSA) is 29.3 Å². The van der Waals surface area contributed by atoms with Crippen LogP contribution in [-0.4, -0.2) is 25.0 Å². The molecule has 1 saturated carbocycles. The number of hydrogen-bond acceptors (Lipinski definition) is 2. The summed E-state index contributed by atoms with van der Waals surface area (Å²) in [6, 6.07) is 8.77. The summed E-state index contributed by atoms with van der Waals surface area (Å²) < 4.78 is 0. The molecule has 0 aromatic heterocycles. The van der Waals surface area contributed by atoms with Gasteiger partial charge in [-0.25, -0.2) is 0 Å². The van der Waals surface area contributed by atoms with Crippen LogP contribution in [0.1, 0.15) is 30.4 Å². The van der Waals surface area contributed by atoms with Crippen molar-refractivity contribution in [1.29, 1.82) is 0 Å². The molecule has 0 aliphatic heterocycles. The normalized spacial score (nSPS) is 18.1. The minimum absolute atomic E-state index is 0.415. The molecule has 2 rings (SSSR count). The highest BCUT2D eigenvalue weighted by atomic mass is 15.1. The zero-order chi connectivity index (χ0) is 12.3. The average Bonchev–Trinajstić information content (AvgIpc) is 2.23. The molecule has 1 aliphatic carbocycles. The van der Waals surface area contributed by atoms with Gasteiger partial charge in [-0.05, 0) is 44.3 Å². The van der Waals surface area contributed by atoms with Crippen molar-refractivity contribution in [1.82, 2.24) is 4.90 Å². The van der Waals surface area contributed by atoms with Gasteiger partial charge in [0.1, 0.15) is 0 Å². The van der Waals surface area contributed by atoms with E-state index in [1.807, 2.05) is 0 Å². The van der Waals surface area contributed by atoms with Gasteiger partial charge in [0.05, 0.1) is 0 Å². The van der Waals surface area contributed by atoms with Crippen LogP contribution in [0.5, 0.6) is 0 Å². The monoisotopic (exact) mass is 232 g/mol. The van der Waals surface area contributed by atoms with Crippen LogP contribution in [0, 0.1) is 12.3 Å². The minimum Gasteiger partial charge on any atom is -0.330 e. The molecule has 2 N–H and O–H groups in total. The fourth-order valence-electron chi connectivity index (χ4n) is 2.85. The maximum absolute atomic E-state index is 5.91. The molecule has 0 spiro atoms. The highest BCUT2D eigenvalue weighted by Gasteiger charge is 2.36. The first-order chi connectivity index (χ1) is 8.13. The first-order valence-corrected chi connectivity index (χ1v) is 6.58. The number of benzene rings is 1. The fourth-order valence-corrected chi connectivity index (χ4v) is 2.85. The Morgan fingerprint density at radius 1 is 1.35 bits per heavy atom. The predicted molar refractivity (Wildman–Crippen MR) is 72.9 cm³/mol. The van der Waals surface area contributed by atoms with Crippen molar-refractivity contribution in [2.45, 2.75) is 32.7 Å². The molecular weight excluding hydrogens is 208 g/mol. The maximum Gasteiger partial charge on any atom is 0.0231 e. The van der Waals surface area contributed by atoms with Gasteiger partial charge in [-0.1, -0.05) is 36.2 Å². The standard InChI is InChI=1S/C15H24N2/c1-13-5-3-6-14(9-13)10-17(2)12-15(11-16)7-4-8-15/h3,5-6,9H,4,7-8,10-12,16H2,1-2H3. The third-order valence-corrected chi connectivity index (χ3v) is 3.99. The van der Waals surface area contributed by atoms with Gasteiger partial charge < -0.3 is 10.6 Å². The van der Waals surface area contributed by atoms with Crippen LogP contribution in [0.3, 0.4) is 0 Å². The van der Waals surface area contributed by atoms with Crippen molar-refractivity contribution in [2.24, 2.45) is 11.1 Å². The molecule has 0 heterocycles. The van der Waals surface area contributed by atoms with Gasteiger partial charge in [0.25, 0.3) is 0 Å². The Bertz CT molecular complexity index is 363. The summed E-state index contributed by atoms with van der Waals surface area (Å²) in [4.78, 5) is 2.42. The Balaban J connectivity index is 1.90. The summed E-state index contributed by atoms with van der Waals surface area (Å²) in [6.45, 7) is 5.16. The van der Waals surface area contributed by atoms with Gasteiger partial charge in [-0.15, -0.1) is 0 Å². The van der Waals surface area contributed by atoms with Crippen LogP contribution in [0.4, 0.5) is 0 Å². The van der Waals surface area contributed by atoms with Crippen LogP contribution < -0.4 is 5.73 Å². The van der Waals surface area contributed by atoms with Crippen molar-refractivity contribution < 1.29 is 0 Å². The maximum atomic E-state index is 5.91. The third kappa shape index (κ3) is 3.08. The molecule has 0 saturated heterocycles. The largest absolute Gasteiger partial charge is 0.330 e. The van der Waals surface area contributed by atoms with E-state index in [4.69, 9.17) is 5.73 Å². The SMILES string of the molecule is Cc1cccc(CN(C)CC2(CN)CCC2)c1. The van der Waals surface area contributed by atoms with E-state index in [9.17, 15) is 0 Å². The quantitative estimate of drug-likeness (QED) is 0.845. The van der Waals surface area contributed by atoms with Crippen molar-refractivity contribution in [3.63, 3.8) is 0 Å². The van der Waals surface area contributed by atoms with Crippen LogP contribution in [-0.2, 0) is 6.54 Å². The molecule has 0 bridgehead atoms. The van der Waals surface area contributed by atoms with Crippen LogP contribution in [0.25, 0.3) is 0 Å². The molecule has 1 aliphatic rings. The number of nitrogens with zero attached hydrogens (tertiary/aromatic N) is 1. The fraction of sp³-hybridized carbons (Fsp3) is 0.600. The smallest absolute Gasteiger partial charge is 0.0231 e. The van der Waals surface area contributed by atoms with E-state index in [0.717, 1.165) is 19.6 Å². The van der Waals surface area contributed by atoms with E-state index in [0.29, 0.717) is 5.41 Å². The van der Waals surface area contributed by atoms with Crippen molar-refractivity contribution in [2.75, 3.05) is 20.1 Å². The number of nitrogens with two attached hydrogens (primary N) is 1. The van der Waals surface area contributed by atoms with Crippen molar-refractivity contribution in [3.8, 4) is 0 Å². The Kier molecular flexibility index (Phi) is 3.85. The van der Waals surface area contributed by atoms with Gasteiger partial charge in [0.15, 0.2) is 0 Å². The van der Waals surface area contributed by atoms with E-state index < -0.39 is 0 Å². The van der Waals surface area contributed by atoms with Gasteiger partial charge in [-0.2, -0.15) is 0 Å². The first-order valence-electron chi connectivity index (χ1n) is 6.58. The van der Waals surface area contributed by atoms with E-state index in [1.165, 1.54) is 30.4 Å². The van der Waals surface area contributed by atoms with E-state index >= 15 is 0 Å². The summed E-state index contributed by atoms with van der Waals surface area (Å²) >= 11 is 0. The van der Waals surface area contributed by atoms with Gasteiger partial charge in [0, 0.05) is 13.1 Å². The molecule has 1 fully saturated rings. The second-order valence-electron chi connectivity index (χ2n) is 5.72. The van der Waals surface area contributed by atoms with Gasteiger partial charge in [0.2, 0.25) is 0 Å². The van der Waals surface area contributed by atoms with Gasteiger partial charge >= 0.3 is 0 Å². The lowest BCUT2D eigenvalue weighted by molar-refractivity contribution is 0.0845. The molecule has 2 heteroatoms. The molecule has 2 nitrogen and oxygen atoms in total. The lowest BCUT2D eigenvalue weighted by Gasteiger charge is -2.43. The third-order valence-electron chi connectivity index (χ3n) is 3.99. The molecule has 1 aromatic carbocycles. The van der Waals surface area contributed by atoms with Crippen molar-refractivity contribution >= 4 is 0 Å². The molecule has 17 heavy (non-hydrogen) atoms. The molecule has 0 unspecified atom stereocenters. The average molecular weight is 232 g/mol. The van der Waals surface area contributed by atoms with E-state index in [1.54, 1.807) is 0 Å². The minimum atomic E-state index is 0.415. The number of aryl methyl sites for hydroxylation is 1. The summed E-state index contributed by atoms with van der Waals surface area (Å²) in [5, 5.41) is 0. The Morgan fingerprint density at radius 3 is 2.65 bits per heavy atom. The Labute approximate surface area is 105 Å². The second-order valence-corrected chi connectivity index (χ2v) is 5.72. The van der Waals surface area contributed by atoms with E-state index in [-0.39, 0.29) is 0 Å². The zero-order valence-corrected chi connectivity index (χ0v) is 11.1. The molecule has 0 atom stereocenters. The number of rotatable bonds is 5. The number of hydrogen-bond donors (Lipinski definition) is 1. The highest BCUT2D eigenvalue weighted by molar-refractivity contribution is 5.22. The zero-order valence-electron chi connectivity index (χ0n) is 11.1. The summed E-state index contributed by atoms with van der Waals surface area (Å²) in [5.41, 5.74) is 9.07. The molecule has 94 valence electrons. The van der Waals surface area contributed by atoms with Crippen LogP contribution in [0.15, 0.2) is 24.3 Å². The summed E-state index contributed by atoms with van der Waals surface area (Å²) in [6.07, 6.45) is 3.97. The van der Waals surface area contributed by atoms with Crippen molar-refractivity contribution in [3.05, 3.63) is 35.4 Å². The van der Waals surface area contributed by atoms with Crippen LogP contribution in [0.2, 0.25) is 0 Å². The Morgan fingerprint density at radius 2 is 2.12 bits per heavy atom. The lowest BCUT2D eigenvalue weighted by atomic mass is 9.68.